The average molecular weight is 603 g/mol. The number of carboxylic acids is 1. The van der Waals surface area contributed by atoms with E-state index >= 15 is 0 Å². The topological polar surface area (TPSA) is 106 Å². The number of ether oxygens (including phenoxy) is 3. The highest BCUT2D eigenvalue weighted by molar-refractivity contribution is 6.42. The zero-order chi connectivity index (χ0) is 29.9. The van der Waals surface area contributed by atoms with Gasteiger partial charge >= 0.3 is 12.1 Å². The quantitative estimate of drug-likeness (QED) is 0.274. The van der Waals surface area contributed by atoms with Gasteiger partial charge in [0.1, 0.15) is 30.1 Å². The van der Waals surface area contributed by atoms with E-state index in [4.69, 9.17) is 37.4 Å². The number of aliphatic carboxylic acids is 1. The third-order valence-corrected chi connectivity index (χ3v) is 7.34. The highest BCUT2D eigenvalue weighted by atomic mass is 35.5. The first kappa shape index (κ1) is 30.3. The van der Waals surface area contributed by atoms with E-state index in [-0.39, 0.29) is 30.6 Å². The van der Waals surface area contributed by atoms with Crippen LogP contribution in [-0.4, -0.2) is 38.8 Å². The average Bonchev–Trinajstić information content (AvgIpc) is 2.91. The van der Waals surface area contributed by atoms with Crippen molar-refractivity contribution in [2.75, 3.05) is 0 Å². The van der Waals surface area contributed by atoms with Gasteiger partial charge in [-0.05, 0) is 85.8 Å². The first-order chi connectivity index (χ1) is 19.3. The van der Waals surface area contributed by atoms with Crippen LogP contribution in [-0.2, 0) is 29.1 Å². The van der Waals surface area contributed by atoms with E-state index in [0.717, 1.165) is 11.1 Å². The van der Waals surface area contributed by atoms with Crippen LogP contribution < -0.4 is 9.47 Å². The summed E-state index contributed by atoms with van der Waals surface area (Å²) >= 11 is 12.1. The number of nitrogens with zero attached hydrogens (tertiary/aromatic N) is 1. The highest BCUT2D eigenvalue weighted by Gasteiger charge is 2.37. The summed E-state index contributed by atoms with van der Waals surface area (Å²) in [6.45, 7) is 7.48. The number of hydrogen-bond acceptors (Lipinski definition) is 6. The summed E-state index contributed by atoms with van der Waals surface area (Å²) in [5, 5.41) is 21.5. The SMILES string of the molecule is CC[C@@H](Oc1cc2c(cc1O)C[C@@H](C(=O)O)N(C(=O)OC(C)(C)C)C2)c1ccc(OCc2ccc(Cl)c(Cl)c2)cc1. The van der Waals surface area contributed by atoms with E-state index in [9.17, 15) is 19.8 Å². The van der Waals surface area contributed by atoms with Crippen molar-refractivity contribution in [1.82, 2.24) is 4.90 Å². The Morgan fingerprint density at radius 1 is 1.02 bits per heavy atom. The number of benzene rings is 3. The Bertz CT molecular complexity index is 1420. The van der Waals surface area contributed by atoms with Crippen LogP contribution in [0.2, 0.25) is 10.0 Å². The van der Waals surface area contributed by atoms with Gasteiger partial charge in [-0.3, -0.25) is 4.90 Å². The number of carbonyl (C=O) groups excluding carboxylic acids is 1. The molecule has 0 aliphatic carbocycles. The Hall–Kier alpha value is -3.62. The molecule has 1 amide bonds. The van der Waals surface area contributed by atoms with Crippen molar-refractivity contribution in [2.24, 2.45) is 0 Å². The molecule has 0 unspecified atom stereocenters. The molecule has 1 heterocycles. The van der Waals surface area contributed by atoms with E-state index < -0.39 is 23.7 Å². The summed E-state index contributed by atoms with van der Waals surface area (Å²) in [5.74, 6) is -0.328. The Balaban J connectivity index is 1.48. The molecule has 2 atom stereocenters. The van der Waals surface area contributed by atoms with Crippen molar-refractivity contribution in [1.29, 1.82) is 0 Å². The Kier molecular flexibility index (Phi) is 9.24. The molecule has 0 aromatic heterocycles. The van der Waals surface area contributed by atoms with Crippen LogP contribution >= 0.6 is 23.2 Å². The van der Waals surface area contributed by atoms with E-state index in [1.807, 2.05) is 37.3 Å². The minimum absolute atomic E-state index is 0.0134. The molecular formula is C31H33Cl2NO7. The first-order valence-corrected chi connectivity index (χ1v) is 14.0. The molecule has 10 heteroatoms. The lowest BCUT2D eigenvalue weighted by Gasteiger charge is -2.36. The second-order valence-corrected chi connectivity index (χ2v) is 11.7. The van der Waals surface area contributed by atoms with Gasteiger partial charge in [-0.15, -0.1) is 0 Å². The number of carboxylic acid groups (broad SMARTS) is 1. The number of halogens is 2. The van der Waals surface area contributed by atoms with Crippen LogP contribution in [0.15, 0.2) is 54.6 Å². The smallest absolute Gasteiger partial charge is 0.411 e. The van der Waals surface area contributed by atoms with Crippen LogP contribution in [0.1, 0.15) is 62.5 Å². The molecule has 2 N–H and O–H groups in total. The molecule has 8 nitrogen and oxygen atoms in total. The number of rotatable bonds is 8. The lowest BCUT2D eigenvalue weighted by atomic mass is 9.93. The standard InChI is InChI=1S/C31H33Cl2NO7/c1-5-27(19-7-9-22(10-8-19)39-17-18-6-11-23(32)24(33)12-18)40-28-15-21-16-34(30(38)41-31(2,3)4)25(29(36)37)13-20(21)14-26(28)35/h6-12,14-15,25,27,35H,5,13,16-17H2,1-4H3,(H,36,37)/t25-,27+/m0/s1. The fraction of sp³-hybridized carbons (Fsp3) is 0.355. The fourth-order valence-corrected chi connectivity index (χ4v) is 4.87. The third kappa shape index (κ3) is 7.57. The van der Waals surface area contributed by atoms with E-state index in [1.54, 1.807) is 39.0 Å². The van der Waals surface area contributed by atoms with Crippen molar-refractivity contribution < 1.29 is 34.0 Å². The maximum Gasteiger partial charge on any atom is 0.411 e. The molecule has 0 spiro atoms. The second kappa shape index (κ2) is 12.5. The molecule has 4 rings (SSSR count). The number of aromatic hydroxyl groups is 1. The molecule has 1 aliphatic heterocycles. The van der Waals surface area contributed by atoms with Gasteiger partial charge < -0.3 is 24.4 Å². The van der Waals surface area contributed by atoms with Crippen LogP contribution in [0.4, 0.5) is 4.79 Å². The van der Waals surface area contributed by atoms with Crippen molar-refractivity contribution in [3.8, 4) is 17.2 Å². The van der Waals surface area contributed by atoms with Gasteiger partial charge in [0, 0.05) is 6.42 Å². The summed E-state index contributed by atoms with van der Waals surface area (Å²) in [6, 6.07) is 14.9. The number of fused-ring (bicyclic) bond motifs is 1. The predicted molar refractivity (Wildman–Crippen MR) is 156 cm³/mol. The number of carbonyl (C=O) groups is 2. The van der Waals surface area contributed by atoms with Crippen molar-refractivity contribution >= 4 is 35.3 Å². The molecule has 41 heavy (non-hydrogen) atoms. The molecule has 0 saturated carbocycles. The van der Waals surface area contributed by atoms with Gasteiger partial charge in [-0.1, -0.05) is 48.3 Å². The molecule has 0 saturated heterocycles. The molecule has 0 bridgehead atoms. The van der Waals surface area contributed by atoms with Gasteiger partial charge in [-0.25, -0.2) is 9.59 Å². The monoisotopic (exact) mass is 601 g/mol. The molecular weight excluding hydrogens is 569 g/mol. The molecule has 1 aliphatic rings. The zero-order valence-corrected chi connectivity index (χ0v) is 24.8. The lowest BCUT2D eigenvalue weighted by Crippen LogP contribution is -2.50. The Labute approximate surface area is 249 Å². The minimum Gasteiger partial charge on any atom is -0.504 e. The van der Waals surface area contributed by atoms with Crippen molar-refractivity contribution in [2.45, 2.75) is 71.4 Å². The van der Waals surface area contributed by atoms with Crippen LogP contribution in [0, 0.1) is 0 Å². The number of amides is 1. The first-order valence-electron chi connectivity index (χ1n) is 13.2. The van der Waals surface area contributed by atoms with Gasteiger partial charge in [0.05, 0.1) is 16.6 Å². The van der Waals surface area contributed by atoms with E-state index in [1.165, 1.54) is 11.0 Å². The maximum atomic E-state index is 12.8. The van der Waals surface area contributed by atoms with Crippen LogP contribution in [0.3, 0.4) is 0 Å². The van der Waals surface area contributed by atoms with Gasteiger partial charge in [-0.2, -0.15) is 0 Å². The lowest BCUT2D eigenvalue weighted by molar-refractivity contribution is -0.143. The summed E-state index contributed by atoms with van der Waals surface area (Å²) in [5.41, 5.74) is 2.32. The normalized spacial score (nSPS) is 15.6. The van der Waals surface area contributed by atoms with Gasteiger partial charge in [0.15, 0.2) is 11.5 Å². The van der Waals surface area contributed by atoms with Crippen LogP contribution in [0.5, 0.6) is 17.2 Å². The minimum atomic E-state index is -1.14. The number of hydrogen-bond donors (Lipinski definition) is 2. The molecule has 0 fully saturated rings. The fourth-order valence-electron chi connectivity index (χ4n) is 4.55. The predicted octanol–water partition coefficient (Wildman–Crippen LogP) is 7.55. The summed E-state index contributed by atoms with van der Waals surface area (Å²) < 4.78 is 17.5. The van der Waals surface area contributed by atoms with E-state index in [2.05, 4.69) is 0 Å². The molecule has 0 radical (unpaired) electrons. The van der Waals surface area contributed by atoms with E-state index in [0.29, 0.717) is 39.9 Å². The third-order valence-electron chi connectivity index (χ3n) is 6.61. The summed E-state index contributed by atoms with van der Waals surface area (Å²) in [7, 11) is 0. The van der Waals surface area contributed by atoms with Gasteiger partial charge in [0.2, 0.25) is 0 Å². The number of phenols is 1. The van der Waals surface area contributed by atoms with Crippen molar-refractivity contribution in [3.63, 3.8) is 0 Å². The number of phenolic OH excluding ortho intramolecular Hbond substituents is 1. The zero-order valence-electron chi connectivity index (χ0n) is 23.3. The highest BCUT2D eigenvalue weighted by Crippen LogP contribution is 2.38. The Morgan fingerprint density at radius 2 is 1.73 bits per heavy atom. The van der Waals surface area contributed by atoms with Crippen molar-refractivity contribution in [3.05, 3.63) is 86.9 Å². The molecule has 3 aromatic carbocycles. The molecule has 3 aromatic rings. The summed E-state index contributed by atoms with van der Waals surface area (Å²) in [4.78, 5) is 26.0. The van der Waals surface area contributed by atoms with Crippen LogP contribution in [0.25, 0.3) is 0 Å². The summed E-state index contributed by atoms with van der Waals surface area (Å²) in [6.07, 6.45) is -0.427. The Morgan fingerprint density at radius 3 is 2.34 bits per heavy atom. The largest absolute Gasteiger partial charge is 0.504 e. The maximum absolute atomic E-state index is 12.8. The second-order valence-electron chi connectivity index (χ2n) is 10.9. The molecule has 218 valence electrons. The van der Waals surface area contributed by atoms with Gasteiger partial charge in [0.25, 0.3) is 0 Å².